The van der Waals surface area contributed by atoms with Gasteiger partial charge in [0.05, 0.1) is 17.7 Å². The number of carbonyl (C=O) groups is 1. The minimum absolute atomic E-state index is 0.0325. The lowest BCUT2D eigenvalue weighted by molar-refractivity contribution is -0.117. The van der Waals surface area contributed by atoms with E-state index in [0.29, 0.717) is 34.4 Å². The van der Waals surface area contributed by atoms with Crippen molar-refractivity contribution >= 4 is 38.1 Å². The van der Waals surface area contributed by atoms with Gasteiger partial charge in [-0.1, -0.05) is 11.3 Å². The number of amides is 1. The van der Waals surface area contributed by atoms with Crippen LogP contribution in [0.2, 0.25) is 0 Å². The fourth-order valence-electron chi connectivity index (χ4n) is 4.00. The molecule has 4 rings (SSSR count). The van der Waals surface area contributed by atoms with Crippen LogP contribution in [-0.2, 0) is 14.8 Å². The molecule has 0 radical (unpaired) electrons. The van der Waals surface area contributed by atoms with Crippen molar-refractivity contribution in [3.05, 3.63) is 48.2 Å². The van der Waals surface area contributed by atoms with Gasteiger partial charge in [0.25, 0.3) is 10.0 Å². The summed E-state index contributed by atoms with van der Waals surface area (Å²) in [4.78, 5) is 17.7. The third-order valence-corrected chi connectivity index (χ3v) is 8.34. The van der Waals surface area contributed by atoms with Gasteiger partial charge in [-0.25, -0.2) is 13.4 Å². The van der Waals surface area contributed by atoms with Crippen LogP contribution in [0.15, 0.2) is 47.4 Å². The van der Waals surface area contributed by atoms with Crippen LogP contribution in [0.5, 0.6) is 11.5 Å². The summed E-state index contributed by atoms with van der Waals surface area (Å²) in [5, 5.41) is 16.1. The van der Waals surface area contributed by atoms with Crippen molar-refractivity contribution in [2.24, 2.45) is 5.92 Å². The molecule has 0 bridgehead atoms. The molecule has 9 nitrogen and oxygen atoms in total. The molecule has 35 heavy (non-hydrogen) atoms. The number of phenolic OH excluding ortho intramolecular Hbond substituents is 1. The van der Waals surface area contributed by atoms with Gasteiger partial charge in [0, 0.05) is 12.1 Å². The van der Waals surface area contributed by atoms with E-state index < -0.39 is 10.0 Å². The average molecular weight is 517 g/mol. The molecule has 11 heteroatoms. The van der Waals surface area contributed by atoms with E-state index in [1.54, 1.807) is 12.1 Å². The highest BCUT2D eigenvalue weighted by atomic mass is 32.2. The number of hydrogen-bond acceptors (Lipinski definition) is 8. The lowest BCUT2D eigenvalue weighted by atomic mass is 9.94. The van der Waals surface area contributed by atoms with E-state index in [0.717, 1.165) is 30.8 Å². The standard InChI is InChI=1S/C24H28N4O5S2/c1-15-23(34-24(26-15)27-22(30)13-16-9-11-25-12-10-16)17-3-8-20(33-2)21(14-17)35(31,32)28-18-4-6-19(29)7-5-18/h3-8,14,16,25,28-29H,9-13H2,1-2H3,(H,26,27,30). The number of hydrogen-bond donors (Lipinski definition) is 4. The van der Waals surface area contributed by atoms with Gasteiger partial charge in [-0.05, 0) is 86.8 Å². The molecule has 1 saturated heterocycles. The molecule has 2 heterocycles. The zero-order chi connectivity index (χ0) is 25.0. The van der Waals surface area contributed by atoms with Crippen LogP contribution in [0.4, 0.5) is 10.8 Å². The summed E-state index contributed by atoms with van der Waals surface area (Å²) in [5.74, 6) is 0.532. The largest absolute Gasteiger partial charge is 0.508 e. The number of rotatable bonds is 8. The molecule has 0 atom stereocenters. The second kappa shape index (κ2) is 10.6. The highest BCUT2D eigenvalue weighted by Gasteiger charge is 2.23. The van der Waals surface area contributed by atoms with E-state index in [4.69, 9.17) is 4.74 Å². The number of methoxy groups -OCH3 is 1. The first kappa shape index (κ1) is 25.0. The third kappa shape index (κ3) is 6.11. The molecule has 1 aliphatic heterocycles. The van der Waals surface area contributed by atoms with Gasteiger partial charge in [-0.15, -0.1) is 0 Å². The number of aromatic hydroxyl groups is 1. The van der Waals surface area contributed by atoms with Crippen molar-refractivity contribution in [2.45, 2.75) is 31.1 Å². The summed E-state index contributed by atoms with van der Waals surface area (Å²) in [6, 6.07) is 10.6. The molecule has 186 valence electrons. The van der Waals surface area contributed by atoms with Crippen LogP contribution >= 0.6 is 11.3 Å². The molecule has 3 aromatic rings. The normalized spacial score (nSPS) is 14.5. The number of piperidine rings is 1. The van der Waals surface area contributed by atoms with Gasteiger partial charge in [-0.2, -0.15) is 0 Å². The monoisotopic (exact) mass is 516 g/mol. The maximum Gasteiger partial charge on any atom is 0.265 e. The molecule has 0 spiro atoms. The molecule has 4 N–H and O–H groups in total. The van der Waals surface area contributed by atoms with Gasteiger partial charge in [0.1, 0.15) is 16.4 Å². The quantitative estimate of drug-likeness (QED) is 0.334. The maximum absolute atomic E-state index is 13.1. The molecule has 1 fully saturated rings. The maximum atomic E-state index is 13.1. The number of ether oxygens (including phenoxy) is 1. The van der Waals surface area contributed by atoms with Crippen molar-refractivity contribution < 1.29 is 23.1 Å². The van der Waals surface area contributed by atoms with Crippen LogP contribution in [0.25, 0.3) is 10.4 Å². The summed E-state index contributed by atoms with van der Waals surface area (Å²) in [5.41, 5.74) is 1.64. The molecule has 1 aliphatic rings. The fourth-order valence-corrected chi connectivity index (χ4v) is 6.24. The lowest BCUT2D eigenvalue weighted by Gasteiger charge is -2.21. The third-order valence-electron chi connectivity index (χ3n) is 5.81. The van der Waals surface area contributed by atoms with Crippen LogP contribution in [-0.4, -0.2) is 44.6 Å². The van der Waals surface area contributed by atoms with E-state index in [1.165, 1.54) is 48.8 Å². The summed E-state index contributed by atoms with van der Waals surface area (Å²) >= 11 is 1.30. The smallest absolute Gasteiger partial charge is 0.265 e. The highest BCUT2D eigenvalue weighted by molar-refractivity contribution is 7.92. The van der Waals surface area contributed by atoms with Gasteiger partial charge < -0.3 is 20.5 Å². The van der Waals surface area contributed by atoms with Crippen molar-refractivity contribution in [3.63, 3.8) is 0 Å². The molecule has 0 aliphatic carbocycles. The fraction of sp³-hybridized carbons (Fsp3) is 0.333. The number of sulfonamides is 1. The van der Waals surface area contributed by atoms with Gasteiger partial charge in [0.2, 0.25) is 5.91 Å². The van der Waals surface area contributed by atoms with Crippen molar-refractivity contribution in [3.8, 4) is 21.9 Å². The Morgan fingerprint density at radius 2 is 1.91 bits per heavy atom. The number of nitrogens with one attached hydrogen (secondary N) is 3. The molecule has 1 aromatic heterocycles. The Bertz CT molecular complexity index is 1300. The van der Waals surface area contributed by atoms with Gasteiger partial charge in [0.15, 0.2) is 5.13 Å². The number of aromatic nitrogens is 1. The Balaban J connectivity index is 1.56. The van der Waals surface area contributed by atoms with Crippen molar-refractivity contribution in [1.29, 1.82) is 0 Å². The number of phenols is 1. The molecule has 0 saturated carbocycles. The first-order chi connectivity index (χ1) is 16.7. The number of nitrogens with zero attached hydrogens (tertiary/aromatic N) is 1. The Hall–Kier alpha value is -3.15. The van der Waals surface area contributed by atoms with Gasteiger partial charge in [-0.3, -0.25) is 9.52 Å². The number of anilines is 2. The predicted octanol–water partition coefficient (Wildman–Crippen LogP) is 3.96. The zero-order valence-corrected chi connectivity index (χ0v) is 21.1. The molecule has 2 aromatic carbocycles. The zero-order valence-electron chi connectivity index (χ0n) is 19.5. The summed E-state index contributed by atoms with van der Waals surface area (Å²) in [7, 11) is -2.58. The summed E-state index contributed by atoms with van der Waals surface area (Å²) in [6.07, 6.45) is 2.43. The second-order valence-corrected chi connectivity index (χ2v) is 11.0. The Morgan fingerprint density at radius 3 is 2.60 bits per heavy atom. The SMILES string of the molecule is COc1ccc(-c2sc(NC(=O)CC3CCNCC3)nc2C)cc1S(=O)(=O)Nc1ccc(O)cc1. The summed E-state index contributed by atoms with van der Waals surface area (Å²) in [6.45, 7) is 3.69. The van der Waals surface area contributed by atoms with Crippen molar-refractivity contribution in [1.82, 2.24) is 10.3 Å². The Morgan fingerprint density at radius 1 is 1.20 bits per heavy atom. The minimum Gasteiger partial charge on any atom is -0.508 e. The van der Waals surface area contributed by atoms with E-state index in [1.807, 2.05) is 6.92 Å². The second-order valence-electron chi connectivity index (χ2n) is 8.40. The highest BCUT2D eigenvalue weighted by Crippen LogP contribution is 2.37. The first-order valence-electron chi connectivity index (χ1n) is 11.2. The topological polar surface area (TPSA) is 130 Å². The Labute approximate surface area is 208 Å². The first-order valence-corrected chi connectivity index (χ1v) is 13.5. The van der Waals surface area contributed by atoms with E-state index >= 15 is 0 Å². The number of benzene rings is 2. The molecular weight excluding hydrogens is 488 g/mol. The van der Waals surface area contributed by atoms with Gasteiger partial charge >= 0.3 is 0 Å². The van der Waals surface area contributed by atoms with Crippen LogP contribution in [0, 0.1) is 12.8 Å². The number of aryl methyl sites for hydroxylation is 1. The van der Waals surface area contributed by atoms with E-state index in [2.05, 4.69) is 20.3 Å². The van der Waals surface area contributed by atoms with Crippen molar-refractivity contribution in [2.75, 3.05) is 30.2 Å². The predicted molar refractivity (Wildman–Crippen MR) is 137 cm³/mol. The molecule has 0 unspecified atom stereocenters. The van der Waals surface area contributed by atoms with E-state index in [9.17, 15) is 18.3 Å². The molecular formula is C24H28N4O5S2. The Kier molecular flexibility index (Phi) is 7.58. The van der Waals surface area contributed by atoms with Crippen LogP contribution in [0.1, 0.15) is 25.0 Å². The van der Waals surface area contributed by atoms with E-state index in [-0.39, 0.29) is 22.3 Å². The van der Waals surface area contributed by atoms with Crippen LogP contribution < -0.4 is 20.1 Å². The minimum atomic E-state index is -3.99. The summed E-state index contributed by atoms with van der Waals surface area (Å²) < 4.78 is 34.1. The average Bonchev–Trinajstić information content (AvgIpc) is 3.20. The lowest BCUT2D eigenvalue weighted by Crippen LogP contribution is -2.30. The molecule has 1 amide bonds. The van der Waals surface area contributed by atoms with Crippen LogP contribution in [0.3, 0.4) is 0 Å². The number of carbonyl (C=O) groups excluding carboxylic acids is 1. The number of thiazole rings is 1.